The lowest BCUT2D eigenvalue weighted by Crippen LogP contribution is -2.17. The summed E-state index contributed by atoms with van der Waals surface area (Å²) in [6.45, 7) is 0.698. The van der Waals surface area contributed by atoms with Crippen molar-refractivity contribution in [3.63, 3.8) is 0 Å². The number of halogens is 1. The van der Waals surface area contributed by atoms with Gasteiger partial charge in [0.1, 0.15) is 5.01 Å². The summed E-state index contributed by atoms with van der Waals surface area (Å²) >= 11 is 5.17. The maximum absolute atomic E-state index is 5.83. The molecule has 0 spiro atoms. The maximum atomic E-state index is 5.83. The average molecular weight is 324 g/mol. The van der Waals surface area contributed by atoms with Crippen molar-refractivity contribution < 1.29 is 0 Å². The van der Waals surface area contributed by atoms with E-state index < -0.39 is 0 Å². The largest absolute Gasteiger partial charge is 0.330 e. The molecule has 3 rings (SSSR count). The Morgan fingerprint density at radius 3 is 3.06 bits per heavy atom. The summed E-state index contributed by atoms with van der Waals surface area (Å²) < 4.78 is 0.993. The Labute approximate surface area is 119 Å². The molecule has 2 heterocycles. The number of hydrogen-bond donors (Lipinski definition) is 1. The number of thiazole rings is 1. The van der Waals surface area contributed by atoms with Crippen molar-refractivity contribution >= 4 is 27.3 Å². The fraction of sp³-hybridized carbons (Fsp3) is 0.385. The van der Waals surface area contributed by atoms with Crippen LogP contribution in [-0.2, 0) is 6.42 Å². The number of rotatable bonds is 2. The van der Waals surface area contributed by atoms with Crippen molar-refractivity contribution in [1.82, 2.24) is 9.97 Å². The summed E-state index contributed by atoms with van der Waals surface area (Å²) in [7, 11) is 0. The molecule has 0 bridgehead atoms. The number of pyridine rings is 1. The van der Waals surface area contributed by atoms with E-state index in [0.717, 1.165) is 21.6 Å². The second kappa shape index (κ2) is 5.07. The van der Waals surface area contributed by atoms with Gasteiger partial charge in [0.15, 0.2) is 0 Å². The molecular formula is C13H14BrN3S. The van der Waals surface area contributed by atoms with Crippen LogP contribution in [0.1, 0.15) is 29.3 Å². The van der Waals surface area contributed by atoms with E-state index in [1.54, 1.807) is 11.3 Å². The van der Waals surface area contributed by atoms with Crippen LogP contribution >= 0.6 is 27.3 Å². The van der Waals surface area contributed by atoms with Gasteiger partial charge in [-0.2, -0.15) is 0 Å². The van der Waals surface area contributed by atoms with Gasteiger partial charge in [0.2, 0.25) is 0 Å². The van der Waals surface area contributed by atoms with Gasteiger partial charge in [0.25, 0.3) is 0 Å². The molecule has 0 aromatic carbocycles. The Balaban J connectivity index is 1.99. The fourth-order valence-electron chi connectivity index (χ4n) is 2.35. The number of aromatic nitrogens is 2. The standard InChI is InChI=1S/C13H14BrN3S/c14-9-4-5-10(16-7-9)13-17-12-8(6-15)2-1-3-11(12)18-13/h4-5,7-8H,1-3,6,15H2. The number of fused-ring (bicyclic) bond motifs is 1. The number of aryl methyl sites for hydroxylation is 1. The molecule has 0 saturated heterocycles. The first-order chi connectivity index (χ1) is 8.78. The first kappa shape index (κ1) is 12.3. The van der Waals surface area contributed by atoms with Crippen molar-refractivity contribution in [2.45, 2.75) is 25.2 Å². The van der Waals surface area contributed by atoms with Crippen LogP contribution in [0, 0.1) is 0 Å². The monoisotopic (exact) mass is 323 g/mol. The summed E-state index contributed by atoms with van der Waals surface area (Å²) in [5.41, 5.74) is 8.00. The van der Waals surface area contributed by atoms with Gasteiger partial charge in [0, 0.05) is 28.0 Å². The van der Waals surface area contributed by atoms with Gasteiger partial charge in [-0.15, -0.1) is 11.3 Å². The van der Waals surface area contributed by atoms with E-state index in [-0.39, 0.29) is 0 Å². The van der Waals surface area contributed by atoms with Gasteiger partial charge in [-0.3, -0.25) is 4.98 Å². The summed E-state index contributed by atoms with van der Waals surface area (Å²) in [6, 6.07) is 4.01. The van der Waals surface area contributed by atoms with Crippen LogP contribution < -0.4 is 5.73 Å². The van der Waals surface area contributed by atoms with E-state index in [2.05, 4.69) is 20.9 Å². The molecule has 2 aromatic rings. The van der Waals surface area contributed by atoms with Gasteiger partial charge in [-0.1, -0.05) is 0 Å². The molecule has 0 aliphatic heterocycles. The molecule has 0 saturated carbocycles. The maximum Gasteiger partial charge on any atom is 0.142 e. The zero-order valence-corrected chi connectivity index (χ0v) is 12.3. The average Bonchev–Trinajstić information content (AvgIpc) is 2.83. The van der Waals surface area contributed by atoms with E-state index in [1.165, 1.54) is 23.4 Å². The van der Waals surface area contributed by atoms with Gasteiger partial charge >= 0.3 is 0 Å². The van der Waals surface area contributed by atoms with E-state index in [4.69, 9.17) is 10.7 Å². The highest BCUT2D eigenvalue weighted by molar-refractivity contribution is 9.10. The molecule has 0 radical (unpaired) electrons. The minimum absolute atomic E-state index is 0.439. The third-order valence-electron chi connectivity index (χ3n) is 3.30. The highest BCUT2D eigenvalue weighted by atomic mass is 79.9. The molecular weight excluding hydrogens is 310 g/mol. The molecule has 2 N–H and O–H groups in total. The van der Waals surface area contributed by atoms with Gasteiger partial charge in [0.05, 0.1) is 11.4 Å². The SMILES string of the molecule is NCC1CCCc2sc(-c3ccc(Br)cn3)nc21. The lowest BCUT2D eigenvalue weighted by atomic mass is 9.91. The first-order valence-corrected chi connectivity index (χ1v) is 7.70. The van der Waals surface area contributed by atoms with Crippen molar-refractivity contribution in [1.29, 1.82) is 0 Å². The number of nitrogens with zero attached hydrogens (tertiary/aromatic N) is 2. The van der Waals surface area contributed by atoms with Crippen LogP contribution in [0.25, 0.3) is 10.7 Å². The molecule has 2 aromatic heterocycles. The predicted octanol–water partition coefficient (Wildman–Crippen LogP) is 3.35. The van der Waals surface area contributed by atoms with Crippen molar-refractivity contribution in [2.24, 2.45) is 5.73 Å². The Hall–Kier alpha value is -0.780. The topological polar surface area (TPSA) is 51.8 Å². The quantitative estimate of drug-likeness (QED) is 0.922. The zero-order valence-electron chi connectivity index (χ0n) is 9.90. The van der Waals surface area contributed by atoms with Crippen LogP contribution in [0.15, 0.2) is 22.8 Å². The van der Waals surface area contributed by atoms with E-state index in [1.807, 2.05) is 18.3 Å². The highest BCUT2D eigenvalue weighted by Crippen LogP contribution is 2.37. The lowest BCUT2D eigenvalue weighted by molar-refractivity contribution is 0.554. The summed E-state index contributed by atoms with van der Waals surface area (Å²) in [6.07, 6.45) is 5.35. The fourth-order valence-corrected chi connectivity index (χ4v) is 3.75. The normalized spacial score (nSPS) is 18.7. The molecule has 1 unspecified atom stereocenters. The minimum Gasteiger partial charge on any atom is -0.330 e. The smallest absolute Gasteiger partial charge is 0.142 e. The number of hydrogen-bond acceptors (Lipinski definition) is 4. The van der Waals surface area contributed by atoms with Crippen LogP contribution in [0.2, 0.25) is 0 Å². The Morgan fingerprint density at radius 2 is 2.33 bits per heavy atom. The Kier molecular flexibility index (Phi) is 3.46. The van der Waals surface area contributed by atoms with Gasteiger partial charge in [-0.25, -0.2) is 4.98 Å². The number of nitrogens with two attached hydrogens (primary N) is 1. The first-order valence-electron chi connectivity index (χ1n) is 6.09. The van der Waals surface area contributed by atoms with E-state index >= 15 is 0 Å². The van der Waals surface area contributed by atoms with E-state index in [0.29, 0.717) is 12.5 Å². The van der Waals surface area contributed by atoms with Crippen molar-refractivity contribution in [3.05, 3.63) is 33.4 Å². The second-order valence-corrected chi connectivity index (χ2v) is 6.51. The van der Waals surface area contributed by atoms with E-state index in [9.17, 15) is 0 Å². The summed E-state index contributed by atoms with van der Waals surface area (Å²) in [5.74, 6) is 0.439. The highest BCUT2D eigenvalue weighted by Gasteiger charge is 2.24. The van der Waals surface area contributed by atoms with Gasteiger partial charge < -0.3 is 5.73 Å². The minimum atomic E-state index is 0.439. The molecule has 18 heavy (non-hydrogen) atoms. The molecule has 5 heteroatoms. The molecule has 0 amide bonds. The van der Waals surface area contributed by atoms with Crippen molar-refractivity contribution in [3.8, 4) is 10.7 Å². The molecule has 1 aliphatic carbocycles. The Morgan fingerprint density at radius 1 is 1.44 bits per heavy atom. The summed E-state index contributed by atoms with van der Waals surface area (Å²) in [4.78, 5) is 10.6. The second-order valence-electron chi connectivity index (χ2n) is 4.51. The van der Waals surface area contributed by atoms with Crippen LogP contribution in [-0.4, -0.2) is 16.5 Å². The molecule has 94 valence electrons. The van der Waals surface area contributed by atoms with Crippen LogP contribution in [0.3, 0.4) is 0 Å². The predicted molar refractivity (Wildman–Crippen MR) is 77.8 cm³/mol. The lowest BCUT2D eigenvalue weighted by Gasteiger charge is -2.18. The third kappa shape index (κ3) is 2.22. The van der Waals surface area contributed by atoms with Crippen LogP contribution in [0.5, 0.6) is 0 Å². The van der Waals surface area contributed by atoms with Crippen molar-refractivity contribution in [2.75, 3.05) is 6.54 Å². The molecule has 1 aliphatic rings. The molecule has 1 atom stereocenters. The molecule has 0 fully saturated rings. The molecule has 3 nitrogen and oxygen atoms in total. The van der Waals surface area contributed by atoms with Crippen LogP contribution in [0.4, 0.5) is 0 Å². The Bertz CT molecular complexity index is 550. The third-order valence-corrected chi connectivity index (χ3v) is 4.92. The summed E-state index contributed by atoms with van der Waals surface area (Å²) in [5, 5.41) is 1.02. The zero-order chi connectivity index (χ0) is 12.5. The van der Waals surface area contributed by atoms with Gasteiger partial charge in [-0.05, 0) is 47.3 Å².